The quantitative estimate of drug-likeness (QED) is 0.789. The van der Waals surface area contributed by atoms with E-state index in [1.807, 2.05) is 24.3 Å². The fraction of sp³-hybridized carbons (Fsp3) is 0.267. The summed E-state index contributed by atoms with van der Waals surface area (Å²) >= 11 is 0. The van der Waals surface area contributed by atoms with Crippen LogP contribution >= 0.6 is 0 Å². The number of hydrogen-bond acceptors (Lipinski definition) is 4. The Hall–Kier alpha value is -2.47. The summed E-state index contributed by atoms with van der Waals surface area (Å²) in [5.41, 5.74) is 1.85. The monoisotopic (exact) mass is 285 g/mol. The van der Waals surface area contributed by atoms with Gasteiger partial charge in [-0.15, -0.1) is 0 Å². The molecular formula is C15H19N5O. The zero-order chi connectivity index (χ0) is 15.1. The lowest BCUT2D eigenvalue weighted by Gasteiger charge is -2.14. The van der Waals surface area contributed by atoms with Crippen molar-refractivity contribution in [2.24, 2.45) is 0 Å². The first-order valence-electron chi connectivity index (χ1n) is 6.86. The third-order valence-corrected chi connectivity index (χ3v) is 2.96. The number of benzene rings is 1. The highest BCUT2D eigenvalue weighted by atomic mass is 16.2. The maximum Gasteiger partial charge on any atom is 0.324 e. The molecule has 110 valence electrons. The molecule has 1 aromatic heterocycles. The molecule has 0 bridgehead atoms. The summed E-state index contributed by atoms with van der Waals surface area (Å²) in [6.07, 6.45) is 4.56. The number of anilines is 2. The van der Waals surface area contributed by atoms with Gasteiger partial charge in [0.1, 0.15) is 0 Å². The summed E-state index contributed by atoms with van der Waals surface area (Å²) in [5, 5.41) is 8.74. The van der Waals surface area contributed by atoms with Crippen LogP contribution in [-0.4, -0.2) is 22.5 Å². The van der Waals surface area contributed by atoms with Crippen LogP contribution in [0.15, 0.2) is 42.9 Å². The molecule has 0 fully saturated rings. The maximum absolute atomic E-state index is 11.9. The highest BCUT2D eigenvalue weighted by Crippen LogP contribution is 2.17. The van der Waals surface area contributed by atoms with Gasteiger partial charge in [0.15, 0.2) is 5.82 Å². The first kappa shape index (κ1) is 14.9. The molecule has 2 aromatic rings. The molecule has 0 aliphatic carbocycles. The third-order valence-electron chi connectivity index (χ3n) is 2.96. The Morgan fingerprint density at radius 1 is 1.29 bits per heavy atom. The summed E-state index contributed by atoms with van der Waals surface area (Å²) in [6, 6.07) is 7.63. The lowest BCUT2D eigenvalue weighted by molar-refractivity contribution is 0.262. The highest BCUT2D eigenvalue weighted by Gasteiger charge is 2.07. The van der Waals surface area contributed by atoms with E-state index in [0.29, 0.717) is 5.82 Å². The maximum atomic E-state index is 11.9. The van der Waals surface area contributed by atoms with E-state index >= 15 is 0 Å². The summed E-state index contributed by atoms with van der Waals surface area (Å²) in [7, 11) is 0. The molecule has 0 aliphatic rings. The van der Waals surface area contributed by atoms with Gasteiger partial charge in [0.25, 0.3) is 0 Å². The third kappa shape index (κ3) is 4.54. The van der Waals surface area contributed by atoms with E-state index in [9.17, 15) is 4.79 Å². The first-order chi connectivity index (χ1) is 10.2. The van der Waals surface area contributed by atoms with Gasteiger partial charge in [-0.1, -0.05) is 19.1 Å². The highest BCUT2D eigenvalue weighted by molar-refractivity contribution is 5.99. The van der Waals surface area contributed by atoms with Crippen LogP contribution in [0.4, 0.5) is 16.3 Å². The van der Waals surface area contributed by atoms with Crippen LogP contribution in [0.25, 0.3) is 0 Å². The van der Waals surface area contributed by atoms with Gasteiger partial charge in [-0.3, -0.25) is 10.3 Å². The molecule has 1 aromatic carbocycles. The molecule has 2 amide bonds. The zero-order valence-corrected chi connectivity index (χ0v) is 12.1. The second-order valence-corrected chi connectivity index (χ2v) is 4.57. The van der Waals surface area contributed by atoms with E-state index in [-0.39, 0.29) is 12.1 Å². The number of aromatic nitrogens is 2. The Morgan fingerprint density at radius 3 is 2.86 bits per heavy atom. The fourth-order valence-electron chi connectivity index (χ4n) is 1.95. The van der Waals surface area contributed by atoms with E-state index in [1.54, 1.807) is 6.20 Å². The fourth-order valence-corrected chi connectivity index (χ4v) is 1.95. The van der Waals surface area contributed by atoms with Crippen molar-refractivity contribution in [1.82, 2.24) is 15.3 Å². The Kier molecular flexibility index (Phi) is 5.22. The van der Waals surface area contributed by atoms with Crippen molar-refractivity contribution >= 4 is 17.5 Å². The number of hydrogen-bond donors (Lipinski definition) is 3. The smallest absolute Gasteiger partial charge is 0.310 e. The van der Waals surface area contributed by atoms with Crippen molar-refractivity contribution in [2.45, 2.75) is 19.9 Å². The van der Waals surface area contributed by atoms with Crippen LogP contribution in [0.2, 0.25) is 0 Å². The van der Waals surface area contributed by atoms with Crippen molar-refractivity contribution in [1.29, 1.82) is 0 Å². The van der Waals surface area contributed by atoms with Gasteiger partial charge in [-0.25, -0.2) is 9.78 Å². The van der Waals surface area contributed by atoms with Crippen LogP contribution in [0.5, 0.6) is 0 Å². The summed E-state index contributed by atoms with van der Waals surface area (Å²) in [6.45, 7) is 5.04. The average Bonchev–Trinajstić information content (AvgIpc) is 2.48. The molecule has 0 spiro atoms. The van der Waals surface area contributed by atoms with Crippen molar-refractivity contribution in [3.8, 4) is 0 Å². The number of carbonyl (C=O) groups excluding carboxylic acids is 1. The number of rotatable bonds is 5. The normalized spacial score (nSPS) is 11.7. The van der Waals surface area contributed by atoms with E-state index in [4.69, 9.17) is 0 Å². The predicted molar refractivity (Wildman–Crippen MR) is 83.2 cm³/mol. The molecular weight excluding hydrogens is 266 g/mol. The first-order valence-corrected chi connectivity index (χ1v) is 6.86. The van der Waals surface area contributed by atoms with Crippen LogP contribution in [-0.2, 0) is 0 Å². The van der Waals surface area contributed by atoms with Crippen LogP contribution in [0, 0.1) is 0 Å². The second kappa shape index (κ2) is 7.35. The van der Waals surface area contributed by atoms with Gasteiger partial charge in [0.05, 0.1) is 6.20 Å². The van der Waals surface area contributed by atoms with Crippen LogP contribution < -0.4 is 16.0 Å². The van der Waals surface area contributed by atoms with E-state index < -0.39 is 0 Å². The minimum Gasteiger partial charge on any atom is -0.310 e. The number of nitrogens with one attached hydrogen (secondary N) is 3. The summed E-state index contributed by atoms with van der Waals surface area (Å²) < 4.78 is 0. The molecule has 0 saturated heterocycles. The van der Waals surface area contributed by atoms with Gasteiger partial charge in [0, 0.05) is 24.1 Å². The van der Waals surface area contributed by atoms with Gasteiger partial charge < -0.3 is 10.6 Å². The van der Waals surface area contributed by atoms with Gasteiger partial charge in [0.2, 0.25) is 0 Å². The Balaban J connectivity index is 1.99. The second-order valence-electron chi connectivity index (χ2n) is 4.57. The molecule has 6 nitrogen and oxygen atoms in total. The van der Waals surface area contributed by atoms with E-state index in [1.165, 1.54) is 12.4 Å². The van der Waals surface area contributed by atoms with E-state index in [2.05, 4.69) is 39.8 Å². The largest absolute Gasteiger partial charge is 0.324 e. The SMILES string of the molecule is CCNC(C)c1cccc(NC(=O)Nc2cnccn2)c1. The van der Waals surface area contributed by atoms with Gasteiger partial charge >= 0.3 is 6.03 Å². The van der Waals surface area contributed by atoms with E-state index in [0.717, 1.165) is 17.8 Å². The number of nitrogens with zero attached hydrogens (tertiary/aromatic N) is 2. The molecule has 3 N–H and O–H groups in total. The van der Waals surface area contributed by atoms with Crippen molar-refractivity contribution < 1.29 is 4.79 Å². The minimum atomic E-state index is -0.344. The Bertz CT molecular complexity index is 588. The van der Waals surface area contributed by atoms with Crippen molar-refractivity contribution in [3.63, 3.8) is 0 Å². The number of carbonyl (C=O) groups is 1. The Morgan fingerprint density at radius 2 is 2.14 bits per heavy atom. The topological polar surface area (TPSA) is 78.9 Å². The van der Waals surface area contributed by atoms with Crippen LogP contribution in [0.3, 0.4) is 0 Å². The standard InChI is InChI=1S/C15H19N5O/c1-3-17-11(2)12-5-4-6-13(9-12)19-15(21)20-14-10-16-7-8-18-14/h4-11,17H,3H2,1-2H3,(H2,18,19,20,21). The molecule has 2 rings (SSSR count). The lowest BCUT2D eigenvalue weighted by Crippen LogP contribution is -2.21. The lowest BCUT2D eigenvalue weighted by atomic mass is 10.1. The molecule has 21 heavy (non-hydrogen) atoms. The molecule has 1 heterocycles. The van der Waals surface area contributed by atoms with Gasteiger partial charge in [-0.05, 0) is 31.2 Å². The molecule has 0 radical (unpaired) electrons. The van der Waals surface area contributed by atoms with Gasteiger partial charge in [-0.2, -0.15) is 0 Å². The minimum absolute atomic E-state index is 0.236. The average molecular weight is 285 g/mol. The number of amides is 2. The molecule has 0 aliphatic heterocycles. The predicted octanol–water partition coefficient (Wildman–Crippen LogP) is 2.79. The molecule has 1 unspecified atom stereocenters. The molecule has 6 heteroatoms. The van der Waals surface area contributed by atoms with Crippen molar-refractivity contribution in [3.05, 3.63) is 48.4 Å². The summed E-state index contributed by atoms with van der Waals surface area (Å²) in [4.78, 5) is 19.8. The van der Waals surface area contributed by atoms with Crippen molar-refractivity contribution in [2.75, 3.05) is 17.2 Å². The molecule has 1 atom stereocenters. The number of urea groups is 1. The zero-order valence-electron chi connectivity index (χ0n) is 12.1. The summed E-state index contributed by atoms with van der Waals surface area (Å²) in [5.74, 6) is 0.409. The van der Waals surface area contributed by atoms with Crippen LogP contribution in [0.1, 0.15) is 25.5 Å². The molecule has 0 saturated carbocycles. The Labute approximate surface area is 124 Å².